The van der Waals surface area contributed by atoms with Crippen LogP contribution in [-0.2, 0) is 29.0 Å². The number of amides is 2. The maximum atomic E-state index is 12.8. The Labute approximate surface area is 204 Å². The summed E-state index contributed by atoms with van der Waals surface area (Å²) in [5, 5.41) is 2.03. The number of fused-ring (bicyclic) bond motifs is 1. The third-order valence-electron chi connectivity index (χ3n) is 5.53. The fourth-order valence-corrected chi connectivity index (χ4v) is 3.58. The summed E-state index contributed by atoms with van der Waals surface area (Å²) in [6.45, 7) is 6.18. The second kappa shape index (κ2) is 12.3. The Morgan fingerprint density at radius 3 is 2.41 bits per heavy atom. The van der Waals surface area contributed by atoms with Crippen molar-refractivity contribution >= 4 is 35.1 Å². The minimum atomic E-state index is -1.14. The molecule has 0 saturated heterocycles. The van der Waals surface area contributed by atoms with Gasteiger partial charge in [-0.2, -0.15) is 0 Å². The molecule has 10 heteroatoms. The summed E-state index contributed by atoms with van der Waals surface area (Å²) in [5.41, 5.74) is 19.9. The molecule has 2 aromatic rings. The highest BCUT2D eigenvalue weighted by atomic mass is 35.5. The van der Waals surface area contributed by atoms with E-state index in [0.717, 1.165) is 32.0 Å². The average molecular weight is 491 g/mol. The summed E-state index contributed by atoms with van der Waals surface area (Å²) in [7, 11) is 2.17. The van der Waals surface area contributed by atoms with E-state index in [0.29, 0.717) is 12.0 Å². The molecule has 0 bridgehead atoms. The van der Waals surface area contributed by atoms with Gasteiger partial charge in [0.25, 0.3) is 0 Å². The maximum absolute atomic E-state index is 12.8. The first-order chi connectivity index (χ1) is 16.0. The van der Waals surface area contributed by atoms with E-state index < -0.39 is 17.6 Å². The minimum Gasteiger partial charge on any atom is -0.370 e. The standard InChI is InChI=1S/C16H26N4.C8H6ClFN2O2/c1-11(2)20(3)10-12-4-5-14-7-13(8-15(14)6-12)9-19-16(17)18;9-5-2-1-4(3-6(5)10)12-8(14)7(11)13/h4-6,11,13H,7-10H2,1-3H3,(H4,17,18,19);1-3H,(H2,11,13)(H,12,14)/t13-;/m1./s1. The van der Waals surface area contributed by atoms with Crippen molar-refractivity contribution in [2.45, 2.75) is 39.3 Å². The van der Waals surface area contributed by atoms with E-state index in [9.17, 15) is 14.0 Å². The summed E-state index contributed by atoms with van der Waals surface area (Å²) in [6, 6.07) is 11.0. The predicted octanol–water partition coefficient (Wildman–Crippen LogP) is 2.42. The van der Waals surface area contributed by atoms with Crippen molar-refractivity contribution in [1.82, 2.24) is 4.90 Å². The lowest BCUT2D eigenvalue weighted by molar-refractivity contribution is -0.134. The number of nitrogens with two attached hydrogens (primary N) is 3. The van der Waals surface area contributed by atoms with Gasteiger partial charge < -0.3 is 22.5 Å². The number of carbonyl (C=O) groups excluding carboxylic acids is 2. The lowest BCUT2D eigenvalue weighted by Crippen LogP contribution is -2.29. The molecule has 2 amide bonds. The third-order valence-corrected chi connectivity index (χ3v) is 5.84. The lowest BCUT2D eigenvalue weighted by atomic mass is 10.1. The van der Waals surface area contributed by atoms with Crippen LogP contribution < -0.4 is 22.5 Å². The molecule has 184 valence electrons. The largest absolute Gasteiger partial charge is 0.370 e. The van der Waals surface area contributed by atoms with Crippen LogP contribution in [0.3, 0.4) is 0 Å². The molecular formula is C24H32ClFN6O2. The van der Waals surface area contributed by atoms with E-state index in [2.05, 4.69) is 60.0 Å². The van der Waals surface area contributed by atoms with Crippen LogP contribution in [0.1, 0.15) is 30.5 Å². The first-order valence-electron chi connectivity index (χ1n) is 10.9. The minimum absolute atomic E-state index is 0.0675. The number of hydrogen-bond donors (Lipinski definition) is 4. The molecule has 8 nitrogen and oxygen atoms in total. The number of halogens is 2. The number of primary amides is 1. The molecule has 3 rings (SSSR count). The highest BCUT2D eigenvalue weighted by molar-refractivity contribution is 6.39. The molecular weight excluding hydrogens is 459 g/mol. The Balaban J connectivity index is 0.000000257. The Kier molecular flexibility index (Phi) is 9.83. The second-order valence-electron chi connectivity index (χ2n) is 8.60. The SMILES string of the molecule is CC(C)N(C)Cc1ccc2c(c1)C[C@H](CN=C(N)N)C2.NC(=O)C(=O)Nc1ccc(Cl)c(F)c1. The van der Waals surface area contributed by atoms with Gasteiger partial charge in [0.2, 0.25) is 0 Å². The lowest BCUT2D eigenvalue weighted by Gasteiger charge is -2.21. The van der Waals surface area contributed by atoms with Gasteiger partial charge in [0.15, 0.2) is 5.96 Å². The van der Waals surface area contributed by atoms with Crippen molar-refractivity contribution in [2.24, 2.45) is 28.1 Å². The van der Waals surface area contributed by atoms with E-state index in [4.69, 9.17) is 23.1 Å². The van der Waals surface area contributed by atoms with Gasteiger partial charge in [0.1, 0.15) is 5.82 Å². The molecule has 0 spiro atoms. The third kappa shape index (κ3) is 8.31. The molecule has 34 heavy (non-hydrogen) atoms. The fraction of sp³-hybridized carbons (Fsp3) is 0.375. The predicted molar refractivity (Wildman–Crippen MR) is 134 cm³/mol. The summed E-state index contributed by atoms with van der Waals surface area (Å²) in [4.78, 5) is 27.6. The number of hydrogen-bond acceptors (Lipinski definition) is 4. The van der Waals surface area contributed by atoms with Crippen molar-refractivity contribution in [3.05, 3.63) is 63.9 Å². The molecule has 0 unspecified atom stereocenters. The van der Waals surface area contributed by atoms with Crippen LogP contribution in [0.15, 0.2) is 41.4 Å². The smallest absolute Gasteiger partial charge is 0.313 e. The van der Waals surface area contributed by atoms with E-state index in [-0.39, 0.29) is 16.7 Å². The average Bonchev–Trinajstić information content (AvgIpc) is 3.17. The first-order valence-corrected chi connectivity index (χ1v) is 11.3. The van der Waals surface area contributed by atoms with E-state index >= 15 is 0 Å². The Bertz CT molecular complexity index is 1060. The van der Waals surface area contributed by atoms with Gasteiger partial charge in [-0.1, -0.05) is 29.8 Å². The molecule has 7 N–H and O–H groups in total. The molecule has 0 aromatic heterocycles. The van der Waals surface area contributed by atoms with Crippen LogP contribution in [0, 0.1) is 11.7 Å². The number of nitrogens with zero attached hydrogens (tertiary/aromatic N) is 2. The van der Waals surface area contributed by atoms with Gasteiger partial charge >= 0.3 is 11.8 Å². The van der Waals surface area contributed by atoms with Gasteiger partial charge in [-0.25, -0.2) is 4.39 Å². The van der Waals surface area contributed by atoms with Crippen molar-refractivity contribution < 1.29 is 14.0 Å². The van der Waals surface area contributed by atoms with Crippen LogP contribution in [0.25, 0.3) is 0 Å². The van der Waals surface area contributed by atoms with Crippen molar-refractivity contribution in [3.63, 3.8) is 0 Å². The van der Waals surface area contributed by atoms with Gasteiger partial charge in [0, 0.05) is 24.8 Å². The number of guanidine groups is 1. The Morgan fingerprint density at radius 2 is 1.82 bits per heavy atom. The number of aliphatic imine (C=N–C) groups is 1. The topological polar surface area (TPSA) is 140 Å². The number of rotatable bonds is 6. The number of benzene rings is 2. The van der Waals surface area contributed by atoms with Gasteiger partial charge in [-0.05, 0) is 74.5 Å². The van der Waals surface area contributed by atoms with E-state index in [1.165, 1.54) is 28.8 Å². The molecule has 0 aliphatic heterocycles. The van der Waals surface area contributed by atoms with Crippen LogP contribution in [0.2, 0.25) is 5.02 Å². The van der Waals surface area contributed by atoms with E-state index in [1.807, 2.05) is 0 Å². The van der Waals surface area contributed by atoms with Crippen LogP contribution in [0.5, 0.6) is 0 Å². The highest BCUT2D eigenvalue weighted by Crippen LogP contribution is 2.28. The maximum Gasteiger partial charge on any atom is 0.313 e. The highest BCUT2D eigenvalue weighted by Gasteiger charge is 2.21. The molecule has 0 saturated carbocycles. The number of anilines is 1. The summed E-state index contributed by atoms with van der Waals surface area (Å²) in [6.07, 6.45) is 2.18. The molecule has 1 atom stereocenters. The zero-order valence-corrected chi connectivity index (χ0v) is 20.4. The normalized spacial score (nSPS) is 14.3. The first kappa shape index (κ1) is 27.1. The van der Waals surface area contributed by atoms with Crippen molar-refractivity contribution in [1.29, 1.82) is 0 Å². The van der Waals surface area contributed by atoms with E-state index in [1.54, 1.807) is 0 Å². The van der Waals surface area contributed by atoms with Gasteiger partial charge in [-0.15, -0.1) is 0 Å². The Morgan fingerprint density at radius 1 is 1.15 bits per heavy atom. The summed E-state index contributed by atoms with van der Waals surface area (Å²) < 4.78 is 12.8. The second-order valence-corrected chi connectivity index (χ2v) is 9.01. The zero-order chi connectivity index (χ0) is 25.4. The number of nitrogens with one attached hydrogen (secondary N) is 1. The molecule has 0 fully saturated rings. The molecule has 0 radical (unpaired) electrons. The fourth-order valence-electron chi connectivity index (χ4n) is 3.46. The molecule has 1 aliphatic carbocycles. The monoisotopic (exact) mass is 490 g/mol. The summed E-state index contributed by atoms with van der Waals surface area (Å²) in [5.74, 6) is -2.09. The van der Waals surface area contributed by atoms with Crippen molar-refractivity contribution in [2.75, 3.05) is 18.9 Å². The number of carbonyl (C=O) groups is 2. The Hall–Kier alpha value is -3.17. The molecule has 2 aromatic carbocycles. The molecule has 1 aliphatic rings. The molecule has 0 heterocycles. The van der Waals surface area contributed by atoms with Crippen LogP contribution in [0.4, 0.5) is 10.1 Å². The summed E-state index contributed by atoms with van der Waals surface area (Å²) >= 11 is 5.40. The van der Waals surface area contributed by atoms with Gasteiger partial charge in [-0.3, -0.25) is 19.5 Å². The van der Waals surface area contributed by atoms with Crippen LogP contribution >= 0.6 is 11.6 Å². The quantitative estimate of drug-likeness (QED) is 0.279. The van der Waals surface area contributed by atoms with Crippen LogP contribution in [-0.4, -0.2) is 42.3 Å². The zero-order valence-electron chi connectivity index (χ0n) is 19.6. The van der Waals surface area contributed by atoms with Gasteiger partial charge in [0.05, 0.1) is 5.02 Å². The van der Waals surface area contributed by atoms with Crippen molar-refractivity contribution in [3.8, 4) is 0 Å².